The first-order chi connectivity index (χ1) is 6.99. The predicted octanol–water partition coefficient (Wildman–Crippen LogP) is 0.498. The summed E-state index contributed by atoms with van der Waals surface area (Å²) < 4.78 is 0. The van der Waals surface area contributed by atoms with Gasteiger partial charge >= 0.3 is 0 Å². The zero-order valence-electron chi connectivity index (χ0n) is 9.45. The number of nitrogens with one attached hydrogen (secondary N) is 1. The van der Waals surface area contributed by atoms with Gasteiger partial charge < -0.3 is 10.2 Å². The van der Waals surface area contributed by atoms with Crippen LogP contribution in [0, 0.1) is 0 Å². The second-order valence-corrected chi connectivity index (χ2v) is 4.36. The summed E-state index contributed by atoms with van der Waals surface area (Å²) in [6, 6.07) is -0.461. The summed E-state index contributed by atoms with van der Waals surface area (Å²) in [5.74, 6) is 0.877. The van der Waals surface area contributed by atoms with Gasteiger partial charge in [-0.3, -0.25) is 9.59 Å². The summed E-state index contributed by atoms with van der Waals surface area (Å²) in [5.41, 5.74) is 0. The number of nitrogens with zero attached hydrogens (tertiary/aromatic N) is 1. The largest absolute Gasteiger partial charge is 0.347 e. The molecule has 0 aliphatic carbocycles. The van der Waals surface area contributed by atoms with Crippen LogP contribution in [-0.4, -0.2) is 48.4 Å². The van der Waals surface area contributed by atoms with Crippen molar-refractivity contribution in [2.45, 2.75) is 13.0 Å². The molecule has 0 radical (unpaired) electrons. The average Bonchev–Trinajstić information content (AvgIpc) is 2.16. The molecule has 0 aliphatic heterocycles. The van der Waals surface area contributed by atoms with Gasteiger partial charge in [0, 0.05) is 19.8 Å². The summed E-state index contributed by atoms with van der Waals surface area (Å²) in [5, 5.41) is 2.63. The van der Waals surface area contributed by atoms with Gasteiger partial charge in [0.05, 0.1) is 5.75 Å². The van der Waals surface area contributed by atoms with E-state index in [0.29, 0.717) is 5.75 Å². The van der Waals surface area contributed by atoms with E-state index in [1.54, 1.807) is 27.1 Å². The minimum Gasteiger partial charge on any atom is -0.347 e. The number of carbonyl (C=O) groups excluding carboxylic acids is 2. The lowest BCUT2D eigenvalue weighted by molar-refractivity contribution is -0.133. The first-order valence-corrected chi connectivity index (χ1v) is 5.83. The number of hydrogen-bond acceptors (Lipinski definition) is 3. The van der Waals surface area contributed by atoms with Gasteiger partial charge in [0.25, 0.3) is 0 Å². The Morgan fingerprint density at radius 1 is 1.53 bits per heavy atom. The van der Waals surface area contributed by atoms with Crippen LogP contribution in [0.15, 0.2) is 12.7 Å². The fourth-order valence-corrected chi connectivity index (χ4v) is 1.52. The van der Waals surface area contributed by atoms with Crippen molar-refractivity contribution in [2.75, 3.05) is 25.6 Å². The quantitative estimate of drug-likeness (QED) is 0.534. The van der Waals surface area contributed by atoms with Gasteiger partial charge in [0.1, 0.15) is 6.04 Å². The first kappa shape index (κ1) is 14.0. The van der Waals surface area contributed by atoms with Crippen molar-refractivity contribution in [2.24, 2.45) is 0 Å². The summed E-state index contributed by atoms with van der Waals surface area (Å²) in [7, 11) is 3.33. The van der Waals surface area contributed by atoms with E-state index in [1.807, 2.05) is 0 Å². The Balaban J connectivity index is 3.85. The lowest BCUT2D eigenvalue weighted by Crippen LogP contribution is -2.44. The third kappa shape index (κ3) is 6.17. The van der Waals surface area contributed by atoms with E-state index < -0.39 is 6.04 Å². The molecule has 0 fully saturated rings. The van der Waals surface area contributed by atoms with Gasteiger partial charge in [-0.2, -0.15) is 0 Å². The zero-order chi connectivity index (χ0) is 11.8. The van der Waals surface area contributed by atoms with Crippen molar-refractivity contribution in [3.8, 4) is 0 Å². The molecule has 0 bridgehead atoms. The highest BCUT2D eigenvalue weighted by atomic mass is 32.2. The number of thioether (sulfide) groups is 1. The molecule has 0 aliphatic rings. The van der Waals surface area contributed by atoms with Crippen LogP contribution in [0.3, 0.4) is 0 Å². The number of rotatable bonds is 6. The van der Waals surface area contributed by atoms with Gasteiger partial charge in [-0.25, -0.2) is 0 Å². The van der Waals surface area contributed by atoms with Gasteiger partial charge in [-0.15, -0.1) is 18.3 Å². The van der Waals surface area contributed by atoms with E-state index in [9.17, 15) is 9.59 Å². The second-order valence-electron chi connectivity index (χ2n) is 3.33. The van der Waals surface area contributed by atoms with Crippen LogP contribution in [0.4, 0.5) is 0 Å². The van der Waals surface area contributed by atoms with Crippen LogP contribution in [0.25, 0.3) is 0 Å². The van der Waals surface area contributed by atoms with Crippen LogP contribution in [0.5, 0.6) is 0 Å². The molecule has 0 aromatic rings. The molecule has 0 aromatic carbocycles. The molecule has 0 saturated heterocycles. The molecule has 4 nitrogen and oxygen atoms in total. The van der Waals surface area contributed by atoms with E-state index >= 15 is 0 Å². The highest BCUT2D eigenvalue weighted by molar-refractivity contribution is 8.00. The summed E-state index contributed by atoms with van der Waals surface area (Å²) in [4.78, 5) is 24.2. The molecule has 0 unspecified atom stereocenters. The molecule has 0 spiro atoms. The molecule has 2 amide bonds. The van der Waals surface area contributed by atoms with Crippen LogP contribution in [0.1, 0.15) is 6.92 Å². The number of carbonyl (C=O) groups is 2. The molecular formula is C10H18N2O2S. The smallest absolute Gasteiger partial charge is 0.244 e. The van der Waals surface area contributed by atoms with Gasteiger partial charge in [0.2, 0.25) is 11.8 Å². The third-order valence-corrected chi connectivity index (χ3v) is 2.60. The van der Waals surface area contributed by atoms with Crippen LogP contribution < -0.4 is 5.32 Å². The van der Waals surface area contributed by atoms with E-state index in [0.717, 1.165) is 5.75 Å². The minimum absolute atomic E-state index is 0.0999. The first-order valence-electron chi connectivity index (χ1n) is 4.68. The molecule has 5 heteroatoms. The van der Waals surface area contributed by atoms with Gasteiger partial charge in [-0.05, 0) is 6.92 Å². The normalized spacial score (nSPS) is 11.7. The van der Waals surface area contributed by atoms with E-state index in [-0.39, 0.29) is 11.8 Å². The standard InChI is InChI=1S/C10H18N2O2S/c1-5-6-15-7-9(13)11-8(2)10(14)12(3)4/h5,8H,1,6-7H2,2-4H3,(H,11,13)/t8-/m1/s1. The van der Waals surface area contributed by atoms with E-state index in [4.69, 9.17) is 0 Å². The Morgan fingerprint density at radius 2 is 2.13 bits per heavy atom. The number of amides is 2. The van der Waals surface area contributed by atoms with Crippen molar-refractivity contribution in [1.82, 2.24) is 10.2 Å². The van der Waals surface area contributed by atoms with Crippen molar-refractivity contribution in [3.63, 3.8) is 0 Å². The monoisotopic (exact) mass is 230 g/mol. The lowest BCUT2D eigenvalue weighted by atomic mass is 10.3. The Morgan fingerprint density at radius 3 is 2.60 bits per heavy atom. The van der Waals surface area contributed by atoms with Crippen LogP contribution in [0.2, 0.25) is 0 Å². The maximum absolute atomic E-state index is 11.4. The third-order valence-electron chi connectivity index (χ3n) is 1.66. The minimum atomic E-state index is -0.461. The molecule has 0 rings (SSSR count). The summed E-state index contributed by atoms with van der Waals surface area (Å²) in [6.45, 7) is 5.24. The molecule has 15 heavy (non-hydrogen) atoms. The molecule has 0 aromatic heterocycles. The topological polar surface area (TPSA) is 49.4 Å². The maximum atomic E-state index is 11.4. The van der Waals surface area contributed by atoms with Gasteiger partial charge in [0.15, 0.2) is 0 Å². The Hall–Kier alpha value is -0.970. The van der Waals surface area contributed by atoms with E-state index in [1.165, 1.54) is 16.7 Å². The molecule has 0 heterocycles. The zero-order valence-corrected chi connectivity index (χ0v) is 10.3. The highest BCUT2D eigenvalue weighted by Gasteiger charge is 2.16. The summed E-state index contributed by atoms with van der Waals surface area (Å²) >= 11 is 1.47. The second kappa shape index (κ2) is 7.34. The maximum Gasteiger partial charge on any atom is 0.244 e. The van der Waals surface area contributed by atoms with Crippen molar-refractivity contribution in [3.05, 3.63) is 12.7 Å². The number of likely N-dealkylation sites (N-methyl/N-ethyl adjacent to an activating group) is 1. The summed E-state index contributed by atoms with van der Waals surface area (Å²) in [6.07, 6.45) is 1.74. The van der Waals surface area contributed by atoms with Crippen molar-refractivity contribution >= 4 is 23.6 Å². The molecule has 1 atom stereocenters. The van der Waals surface area contributed by atoms with Crippen molar-refractivity contribution < 1.29 is 9.59 Å². The Bertz CT molecular complexity index is 242. The molecule has 86 valence electrons. The average molecular weight is 230 g/mol. The van der Waals surface area contributed by atoms with Crippen LogP contribution in [-0.2, 0) is 9.59 Å². The molecule has 0 saturated carbocycles. The van der Waals surface area contributed by atoms with Crippen LogP contribution >= 0.6 is 11.8 Å². The fourth-order valence-electron chi connectivity index (χ4n) is 0.967. The fraction of sp³-hybridized carbons (Fsp3) is 0.600. The lowest BCUT2D eigenvalue weighted by Gasteiger charge is -2.17. The molecular weight excluding hydrogens is 212 g/mol. The molecule has 1 N–H and O–H groups in total. The number of hydrogen-bond donors (Lipinski definition) is 1. The predicted molar refractivity (Wildman–Crippen MR) is 63.8 cm³/mol. The van der Waals surface area contributed by atoms with Crippen molar-refractivity contribution in [1.29, 1.82) is 0 Å². The van der Waals surface area contributed by atoms with E-state index in [2.05, 4.69) is 11.9 Å². The Kier molecular flexibility index (Phi) is 6.86. The van der Waals surface area contributed by atoms with Gasteiger partial charge in [-0.1, -0.05) is 6.08 Å². The Labute approximate surface area is 95.1 Å². The SMILES string of the molecule is C=CCSCC(=O)N[C@H](C)C(=O)N(C)C. The highest BCUT2D eigenvalue weighted by Crippen LogP contribution is 1.99.